The van der Waals surface area contributed by atoms with Crippen LogP contribution in [-0.4, -0.2) is 19.5 Å². The van der Waals surface area contributed by atoms with Crippen LogP contribution in [0.25, 0.3) is 6.08 Å². The summed E-state index contributed by atoms with van der Waals surface area (Å²) in [5.74, 6) is -0.134. The maximum absolute atomic E-state index is 13.4. The molecule has 1 aliphatic rings. The molecule has 1 heterocycles. The molecular weight excluding hydrogens is 447 g/mol. The fourth-order valence-electron chi connectivity index (χ4n) is 3.52. The lowest BCUT2D eigenvalue weighted by atomic mass is 9.94. The van der Waals surface area contributed by atoms with E-state index in [1.807, 2.05) is 0 Å². The molecule has 3 aromatic carbocycles. The molecule has 5 nitrogen and oxygen atoms in total. The zero-order chi connectivity index (χ0) is 24.3. The summed E-state index contributed by atoms with van der Waals surface area (Å²) < 4.78 is 56.8. The highest BCUT2D eigenvalue weighted by Gasteiger charge is 2.35. The Morgan fingerprint density at radius 1 is 1.06 bits per heavy atom. The maximum Gasteiger partial charge on any atom is 0.420 e. The molecule has 4 rings (SSSR count). The van der Waals surface area contributed by atoms with Gasteiger partial charge in [0, 0.05) is 0 Å². The second-order valence-electron chi connectivity index (χ2n) is 7.47. The number of carbonyl (C=O) groups excluding carboxylic acids is 1. The van der Waals surface area contributed by atoms with Gasteiger partial charge in [-0.1, -0.05) is 30.4 Å². The predicted molar refractivity (Wildman–Crippen MR) is 118 cm³/mol. The molecule has 0 aliphatic carbocycles. The van der Waals surface area contributed by atoms with E-state index in [-0.39, 0.29) is 29.5 Å². The van der Waals surface area contributed by atoms with Crippen LogP contribution in [0.3, 0.4) is 0 Å². The third-order valence-electron chi connectivity index (χ3n) is 5.25. The molecule has 0 saturated heterocycles. The lowest BCUT2D eigenvalue weighted by Gasteiger charge is -2.21. The molecule has 172 valence electrons. The van der Waals surface area contributed by atoms with E-state index in [9.17, 15) is 18.0 Å². The molecule has 8 heteroatoms. The number of rotatable bonds is 5. The third-order valence-corrected chi connectivity index (χ3v) is 5.25. The van der Waals surface area contributed by atoms with E-state index in [4.69, 9.17) is 19.5 Å². The van der Waals surface area contributed by atoms with Gasteiger partial charge in [-0.25, -0.2) is 0 Å². The van der Waals surface area contributed by atoms with Crippen molar-refractivity contribution in [2.45, 2.75) is 6.18 Å². The van der Waals surface area contributed by atoms with Crippen LogP contribution >= 0.6 is 0 Å². The molecule has 1 unspecified atom stereocenters. The van der Waals surface area contributed by atoms with Crippen molar-refractivity contribution in [1.82, 2.24) is 0 Å². The van der Waals surface area contributed by atoms with Gasteiger partial charge in [0.05, 0.1) is 35.8 Å². The van der Waals surface area contributed by atoms with Crippen LogP contribution in [0, 0.1) is 17.2 Å². The quantitative estimate of drug-likeness (QED) is 0.443. The molecule has 0 N–H and O–H groups in total. The number of carbonyl (C=O) groups is 1. The molecule has 0 spiro atoms. The van der Waals surface area contributed by atoms with Crippen LogP contribution in [0.4, 0.5) is 13.2 Å². The molecule has 3 aromatic rings. The van der Waals surface area contributed by atoms with Gasteiger partial charge in [-0.3, -0.25) is 4.79 Å². The average molecular weight is 465 g/mol. The topological polar surface area (TPSA) is 68.6 Å². The van der Waals surface area contributed by atoms with Crippen LogP contribution < -0.4 is 14.2 Å². The monoisotopic (exact) mass is 465 g/mol. The molecule has 34 heavy (non-hydrogen) atoms. The Morgan fingerprint density at radius 3 is 2.56 bits per heavy atom. The number of hydrogen-bond acceptors (Lipinski definition) is 5. The molecule has 0 bridgehead atoms. The number of halogens is 3. The van der Waals surface area contributed by atoms with Gasteiger partial charge in [-0.05, 0) is 48.0 Å². The minimum absolute atomic E-state index is 0.0504. The minimum Gasteiger partial charge on any atom is -0.493 e. The van der Waals surface area contributed by atoms with Crippen LogP contribution in [0.5, 0.6) is 23.0 Å². The Hall–Kier alpha value is -4.25. The molecule has 1 atom stereocenters. The van der Waals surface area contributed by atoms with Gasteiger partial charge in [-0.15, -0.1) is 0 Å². The normalized spacial score (nSPS) is 15.4. The number of fused-ring (bicyclic) bond motifs is 1. The minimum atomic E-state index is -4.70. The third kappa shape index (κ3) is 4.74. The largest absolute Gasteiger partial charge is 0.493 e. The number of Topliss-reactive ketones (excluding diaryl/α,β-unsaturated/α-hetero) is 1. The summed E-state index contributed by atoms with van der Waals surface area (Å²) in [5.41, 5.74) is -0.0102. The number of benzene rings is 3. The molecule has 1 aliphatic heterocycles. The van der Waals surface area contributed by atoms with Gasteiger partial charge in [0.25, 0.3) is 0 Å². The van der Waals surface area contributed by atoms with Crippen molar-refractivity contribution in [3.63, 3.8) is 0 Å². The fourth-order valence-corrected chi connectivity index (χ4v) is 3.52. The first-order chi connectivity index (χ1) is 16.3. The molecule has 0 saturated carbocycles. The second kappa shape index (κ2) is 9.32. The van der Waals surface area contributed by atoms with E-state index in [0.29, 0.717) is 16.9 Å². The Bertz CT molecular complexity index is 1310. The first-order valence-electron chi connectivity index (χ1n) is 10.2. The summed E-state index contributed by atoms with van der Waals surface area (Å²) in [6.45, 7) is 0.212. The number of nitriles is 1. The van der Waals surface area contributed by atoms with Crippen molar-refractivity contribution >= 4 is 11.9 Å². The Kier molecular flexibility index (Phi) is 6.28. The summed E-state index contributed by atoms with van der Waals surface area (Å²) in [7, 11) is 1.37. The van der Waals surface area contributed by atoms with Gasteiger partial charge >= 0.3 is 6.18 Å². The number of ether oxygens (including phenoxy) is 3. The Morgan fingerprint density at radius 2 is 1.82 bits per heavy atom. The average Bonchev–Trinajstić information content (AvgIpc) is 2.84. The zero-order valence-electron chi connectivity index (χ0n) is 17.9. The summed E-state index contributed by atoms with van der Waals surface area (Å²) in [6.07, 6.45) is -1.27. The van der Waals surface area contributed by atoms with Gasteiger partial charge in [0.1, 0.15) is 18.1 Å². The predicted octanol–water partition coefficient (Wildman–Crippen LogP) is 6.28. The van der Waals surface area contributed by atoms with Gasteiger partial charge in [0.15, 0.2) is 17.3 Å². The highest BCUT2D eigenvalue weighted by molar-refractivity contribution is 6.02. The molecule has 0 radical (unpaired) electrons. The van der Waals surface area contributed by atoms with Crippen molar-refractivity contribution < 1.29 is 32.2 Å². The van der Waals surface area contributed by atoms with Crippen molar-refractivity contribution in [1.29, 1.82) is 5.26 Å². The number of para-hydroxylation sites is 1. The van der Waals surface area contributed by atoms with Gasteiger partial charge in [-0.2, -0.15) is 18.4 Å². The van der Waals surface area contributed by atoms with Crippen molar-refractivity contribution in [2.24, 2.45) is 5.92 Å². The summed E-state index contributed by atoms with van der Waals surface area (Å²) in [4.78, 5) is 12.7. The fraction of sp³-hybridized carbons (Fsp3) is 0.154. The van der Waals surface area contributed by atoms with Crippen LogP contribution in [0.1, 0.15) is 27.0 Å². The number of alkyl halides is 3. The van der Waals surface area contributed by atoms with Crippen molar-refractivity contribution in [3.05, 3.63) is 89.0 Å². The van der Waals surface area contributed by atoms with E-state index in [1.165, 1.54) is 19.2 Å². The summed E-state index contributed by atoms with van der Waals surface area (Å²) in [6, 6.07) is 16.5. The van der Waals surface area contributed by atoms with Crippen molar-refractivity contribution in [3.8, 4) is 29.1 Å². The van der Waals surface area contributed by atoms with E-state index < -0.39 is 23.4 Å². The van der Waals surface area contributed by atoms with Gasteiger partial charge < -0.3 is 14.2 Å². The van der Waals surface area contributed by atoms with E-state index in [1.54, 1.807) is 54.6 Å². The Labute approximate surface area is 193 Å². The highest BCUT2D eigenvalue weighted by Crippen LogP contribution is 2.41. The van der Waals surface area contributed by atoms with Crippen LogP contribution in [0.2, 0.25) is 0 Å². The van der Waals surface area contributed by atoms with Gasteiger partial charge in [0.2, 0.25) is 0 Å². The highest BCUT2D eigenvalue weighted by atomic mass is 19.4. The van der Waals surface area contributed by atoms with Crippen LogP contribution in [0.15, 0.2) is 66.7 Å². The smallest absolute Gasteiger partial charge is 0.420 e. The van der Waals surface area contributed by atoms with Crippen LogP contribution in [-0.2, 0) is 6.18 Å². The maximum atomic E-state index is 13.4. The summed E-state index contributed by atoms with van der Waals surface area (Å²) in [5, 5.41) is 8.92. The number of nitrogens with zero attached hydrogens (tertiary/aromatic N) is 1. The van der Waals surface area contributed by atoms with E-state index in [0.717, 1.165) is 12.1 Å². The van der Waals surface area contributed by atoms with E-state index >= 15 is 0 Å². The first kappa shape index (κ1) is 22.9. The number of methoxy groups -OCH3 is 1. The molecule has 0 fully saturated rings. The first-order valence-corrected chi connectivity index (χ1v) is 10.2. The summed E-state index contributed by atoms with van der Waals surface area (Å²) >= 11 is 0. The second-order valence-corrected chi connectivity index (χ2v) is 7.47. The molecular formula is C26H18F3NO4. The molecule has 0 aromatic heterocycles. The Balaban J connectivity index is 1.57. The standard InChI is InChI=1S/C26H18F3NO4/c1-32-24-13-16(6-9-18-15-33-21-5-3-2-4-19(21)25(18)31)7-11-23(24)34-22-10-8-17(14-30)12-20(22)26(27,28)29/h2-13,18H,15H2,1H3. The molecule has 0 amide bonds. The lowest BCUT2D eigenvalue weighted by molar-refractivity contribution is -0.138. The SMILES string of the molecule is COc1cc(C=CC2COc3ccccc3C2=O)ccc1Oc1ccc(C#N)cc1C(F)(F)F. The lowest BCUT2D eigenvalue weighted by Crippen LogP contribution is -2.26. The van der Waals surface area contributed by atoms with E-state index in [2.05, 4.69) is 0 Å². The number of ketones is 1. The zero-order valence-corrected chi connectivity index (χ0v) is 17.9. The van der Waals surface area contributed by atoms with Crippen molar-refractivity contribution in [2.75, 3.05) is 13.7 Å². The number of hydrogen-bond donors (Lipinski definition) is 0.